The number of amides is 2. The molecule has 1 aromatic rings. The number of urea groups is 1. The Hall–Kier alpha value is -1.59. The lowest BCUT2D eigenvalue weighted by Gasteiger charge is -2.33. The number of hydrogen-bond acceptors (Lipinski definition) is 3. The van der Waals surface area contributed by atoms with E-state index in [0.29, 0.717) is 12.1 Å². The number of nitrogens with zero attached hydrogens (tertiary/aromatic N) is 1. The summed E-state index contributed by atoms with van der Waals surface area (Å²) >= 11 is 0. The topological polar surface area (TPSA) is 70.4 Å². The van der Waals surface area contributed by atoms with Gasteiger partial charge in [0, 0.05) is 24.3 Å². The Bertz CT molecular complexity index is 502. The fraction of sp³-hybridized carbons (Fsp3) is 0.562. The van der Waals surface area contributed by atoms with Gasteiger partial charge >= 0.3 is 6.03 Å². The first-order valence-corrected chi connectivity index (χ1v) is 7.76. The molecule has 2 saturated heterocycles. The number of hydrogen-bond donors (Lipinski definition) is 3. The van der Waals surface area contributed by atoms with Gasteiger partial charge in [-0.1, -0.05) is 12.1 Å². The van der Waals surface area contributed by atoms with Crippen molar-refractivity contribution in [1.82, 2.24) is 10.2 Å². The number of piperidine rings is 1. The number of benzene rings is 1. The van der Waals surface area contributed by atoms with Crippen molar-refractivity contribution in [2.75, 3.05) is 25.0 Å². The molecule has 21 heavy (non-hydrogen) atoms. The van der Waals surface area contributed by atoms with Gasteiger partial charge in [0.25, 0.3) is 0 Å². The minimum absolute atomic E-state index is 0.324. The van der Waals surface area contributed by atoms with E-state index in [9.17, 15) is 4.79 Å². The molecule has 3 rings (SSSR count). The van der Waals surface area contributed by atoms with E-state index >= 15 is 0 Å². The Balaban J connectivity index is 1.59. The molecule has 4 N–H and O–H groups in total. The molecule has 114 valence electrons. The van der Waals surface area contributed by atoms with Crippen LogP contribution in [0.25, 0.3) is 0 Å². The highest BCUT2D eigenvalue weighted by Crippen LogP contribution is 2.29. The molecule has 5 nitrogen and oxygen atoms in total. The predicted octanol–water partition coefficient (Wildman–Crippen LogP) is 1.92. The van der Waals surface area contributed by atoms with Crippen molar-refractivity contribution in [2.24, 2.45) is 11.7 Å². The molecule has 2 fully saturated rings. The average Bonchev–Trinajstić information content (AvgIpc) is 2.85. The predicted molar refractivity (Wildman–Crippen MR) is 84.2 cm³/mol. The molecule has 0 spiro atoms. The van der Waals surface area contributed by atoms with Crippen LogP contribution < -0.4 is 16.4 Å². The minimum Gasteiger partial charge on any atom is -0.351 e. The molecule has 4 atom stereocenters. The molecule has 0 radical (unpaired) electrons. The van der Waals surface area contributed by atoms with Gasteiger partial charge in [0.15, 0.2) is 0 Å². The van der Waals surface area contributed by atoms with Crippen LogP contribution in [0.4, 0.5) is 10.5 Å². The molecule has 0 saturated carbocycles. The Labute approximate surface area is 125 Å². The lowest BCUT2D eigenvalue weighted by Crippen LogP contribution is -2.44. The fourth-order valence-corrected chi connectivity index (χ4v) is 3.59. The van der Waals surface area contributed by atoms with Crippen molar-refractivity contribution in [2.45, 2.75) is 31.8 Å². The normalized spacial score (nSPS) is 29.1. The van der Waals surface area contributed by atoms with Crippen LogP contribution in [-0.4, -0.2) is 36.6 Å². The highest BCUT2D eigenvalue weighted by molar-refractivity contribution is 5.87. The number of carbonyl (C=O) groups is 1. The van der Waals surface area contributed by atoms with Crippen LogP contribution >= 0.6 is 0 Å². The maximum absolute atomic E-state index is 10.8. The molecule has 2 aliphatic rings. The number of rotatable bonds is 4. The van der Waals surface area contributed by atoms with Crippen LogP contribution in [0.3, 0.4) is 0 Å². The van der Waals surface area contributed by atoms with Crippen LogP contribution in [-0.2, 0) is 0 Å². The summed E-state index contributed by atoms with van der Waals surface area (Å²) in [6.45, 7) is 5.96. The summed E-state index contributed by atoms with van der Waals surface area (Å²) in [5, 5.41) is 6.37. The molecular formula is C16H24N4O. The van der Waals surface area contributed by atoms with Gasteiger partial charge in [-0.25, -0.2) is 4.79 Å². The number of carbonyl (C=O) groups excluding carboxylic acids is 1. The molecule has 0 aromatic heterocycles. The molecule has 2 amide bonds. The zero-order valence-corrected chi connectivity index (χ0v) is 12.5. The summed E-state index contributed by atoms with van der Waals surface area (Å²) in [5.74, 6) is 0.803. The standard InChI is InChI=1S/C16H24N4O/c1-11(12-2-4-14(5-3-12)19-16(17)21)18-15-7-9-20-8-6-13(15)10-20/h2-5,11,13,15,18H,6-10H2,1H3,(H3,17,19,21). The average molecular weight is 288 g/mol. The van der Waals surface area contributed by atoms with Gasteiger partial charge in [0.05, 0.1) is 0 Å². The maximum Gasteiger partial charge on any atom is 0.316 e. The van der Waals surface area contributed by atoms with Gasteiger partial charge in [0.1, 0.15) is 0 Å². The van der Waals surface area contributed by atoms with Gasteiger partial charge in [-0.3, -0.25) is 0 Å². The van der Waals surface area contributed by atoms with Gasteiger partial charge in [-0.15, -0.1) is 0 Å². The van der Waals surface area contributed by atoms with E-state index in [2.05, 4.69) is 22.5 Å². The number of primary amides is 1. The first kappa shape index (κ1) is 14.4. The maximum atomic E-state index is 10.8. The Kier molecular flexibility index (Phi) is 4.12. The molecular weight excluding hydrogens is 264 g/mol. The van der Waals surface area contributed by atoms with Crippen LogP contribution in [0.1, 0.15) is 31.4 Å². The molecule has 4 unspecified atom stereocenters. The second-order valence-electron chi connectivity index (χ2n) is 6.24. The highest BCUT2D eigenvalue weighted by Gasteiger charge is 2.34. The third-order valence-corrected chi connectivity index (χ3v) is 4.78. The molecule has 0 aliphatic carbocycles. The number of anilines is 1. The van der Waals surface area contributed by atoms with Crippen molar-refractivity contribution in [3.63, 3.8) is 0 Å². The van der Waals surface area contributed by atoms with Gasteiger partial charge in [-0.2, -0.15) is 0 Å². The van der Waals surface area contributed by atoms with E-state index in [1.807, 2.05) is 24.3 Å². The molecule has 1 aromatic carbocycles. The van der Waals surface area contributed by atoms with E-state index in [1.165, 1.54) is 38.0 Å². The van der Waals surface area contributed by atoms with Crippen LogP contribution in [0.15, 0.2) is 24.3 Å². The monoisotopic (exact) mass is 288 g/mol. The van der Waals surface area contributed by atoms with Crippen molar-refractivity contribution >= 4 is 11.7 Å². The second kappa shape index (κ2) is 6.03. The van der Waals surface area contributed by atoms with Crippen molar-refractivity contribution < 1.29 is 4.79 Å². The summed E-state index contributed by atoms with van der Waals surface area (Å²) < 4.78 is 0. The second-order valence-corrected chi connectivity index (χ2v) is 6.24. The fourth-order valence-electron chi connectivity index (χ4n) is 3.59. The Morgan fingerprint density at radius 1 is 1.29 bits per heavy atom. The summed E-state index contributed by atoms with van der Waals surface area (Å²) in [7, 11) is 0. The SMILES string of the molecule is CC(NC1CCN2CCC1C2)c1ccc(NC(N)=O)cc1. The first-order valence-electron chi connectivity index (χ1n) is 7.76. The zero-order chi connectivity index (χ0) is 14.8. The quantitative estimate of drug-likeness (QED) is 0.793. The van der Waals surface area contributed by atoms with Crippen molar-refractivity contribution in [3.8, 4) is 0 Å². The van der Waals surface area contributed by atoms with Crippen LogP contribution in [0, 0.1) is 5.92 Å². The summed E-state index contributed by atoms with van der Waals surface area (Å²) in [5.41, 5.74) is 7.09. The molecule has 2 aliphatic heterocycles. The van der Waals surface area contributed by atoms with Crippen LogP contribution in [0.2, 0.25) is 0 Å². The van der Waals surface area contributed by atoms with Crippen LogP contribution in [0.5, 0.6) is 0 Å². The van der Waals surface area contributed by atoms with E-state index in [4.69, 9.17) is 5.73 Å². The summed E-state index contributed by atoms with van der Waals surface area (Å²) in [6, 6.07) is 8.32. The van der Waals surface area contributed by atoms with E-state index in [-0.39, 0.29) is 0 Å². The molecule has 5 heteroatoms. The lowest BCUT2D eigenvalue weighted by molar-refractivity contribution is 0.212. The molecule has 2 heterocycles. The van der Waals surface area contributed by atoms with Gasteiger partial charge < -0.3 is 21.3 Å². The van der Waals surface area contributed by atoms with Gasteiger partial charge in [-0.05, 0) is 56.5 Å². The highest BCUT2D eigenvalue weighted by atomic mass is 16.2. The number of fused-ring (bicyclic) bond motifs is 2. The van der Waals surface area contributed by atoms with Crippen molar-refractivity contribution in [1.29, 1.82) is 0 Å². The largest absolute Gasteiger partial charge is 0.351 e. The van der Waals surface area contributed by atoms with Gasteiger partial charge in [0.2, 0.25) is 0 Å². The van der Waals surface area contributed by atoms with E-state index in [0.717, 1.165) is 11.6 Å². The smallest absolute Gasteiger partial charge is 0.316 e. The lowest BCUT2D eigenvalue weighted by atomic mass is 9.93. The molecule has 2 bridgehead atoms. The van der Waals surface area contributed by atoms with E-state index in [1.54, 1.807) is 0 Å². The zero-order valence-electron chi connectivity index (χ0n) is 12.5. The third-order valence-electron chi connectivity index (χ3n) is 4.78. The van der Waals surface area contributed by atoms with E-state index < -0.39 is 6.03 Å². The first-order chi connectivity index (χ1) is 10.1. The Morgan fingerprint density at radius 2 is 2.00 bits per heavy atom. The third kappa shape index (κ3) is 3.36. The number of nitrogens with two attached hydrogens (primary N) is 1. The Morgan fingerprint density at radius 3 is 2.71 bits per heavy atom. The number of nitrogens with one attached hydrogen (secondary N) is 2. The summed E-state index contributed by atoms with van der Waals surface area (Å²) in [4.78, 5) is 13.4. The minimum atomic E-state index is -0.526. The summed E-state index contributed by atoms with van der Waals surface area (Å²) in [6.07, 6.45) is 2.57. The van der Waals surface area contributed by atoms with Crippen molar-refractivity contribution in [3.05, 3.63) is 29.8 Å².